The minimum atomic E-state index is 0.680. The van der Waals surface area contributed by atoms with Crippen LogP contribution in [0, 0.1) is 33.6 Å². The summed E-state index contributed by atoms with van der Waals surface area (Å²) < 4.78 is 10.7. The molecule has 0 aliphatic carbocycles. The lowest BCUT2D eigenvalue weighted by Gasteiger charge is -2.30. The topological polar surface area (TPSA) is 67.3 Å². The Balaban J connectivity index is 1.77. The Kier molecular flexibility index (Phi) is 5.36. The summed E-state index contributed by atoms with van der Waals surface area (Å²) in [5.74, 6) is 2.51. The maximum atomic E-state index is 5.35. The van der Waals surface area contributed by atoms with Gasteiger partial charge in [0.1, 0.15) is 11.5 Å². The van der Waals surface area contributed by atoms with Gasteiger partial charge in [0.05, 0.1) is 11.4 Å². The normalized spacial score (nSPS) is 18.5. The number of aromatic nitrogens is 2. The van der Waals surface area contributed by atoms with E-state index in [1.54, 1.807) is 0 Å². The first-order valence-corrected chi connectivity index (χ1v) is 8.81. The van der Waals surface area contributed by atoms with Gasteiger partial charge in [0.15, 0.2) is 0 Å². The molecule has 0 aromatic carbocycles. The first-order valence-electron chi connectivity index (χ1n) is 8.81. The molecule has 132 valence electrons. The molecule has 6 heteroatoms. The lowest BCUT2D eigenvalue weighted by Crippen LogP contribution is -2.38. The summed E-state index contributed by atoms with van der Waals surface area (Å²) in [6.07, 6.45) is 2.54. The van der Waals surface area contributed by atoms with Crippen LogP contribution in [0.2, 0.25) is 0 Å². The molecule has 1 atom stereocenters. The molecule has 1 N–H and O–H groups in total. The molecular weight excluding hydrogens is 304 g/mol. The average molecular weight is 332 g/mol. The average Bonchev–Trinajstić information content (AvgIpc) is 3.06. The Labute approximate surface area is 143 Å². The van der Waals surface area contributed by atoms with Gasteiger partial charge in [0.2, 0.25) is 0 Å². The van der Waals surface area contributed by atoms with E-state index < -0.39 is 0 Å². The van der Waals surface area contributed by atoms with E-state index in [0.717, 1.165) is 55.6 Å². The smallest absolute Gasteiger partial charge is 0.138 e. The molecule has 0 amide bonds. The van der Waals surface area contributed by atoms with E-state index in [1.165, 1.54) is 24.0 Å². The Bertz CT molecular complexity index is 583. The maximum Gasteiger partial charge on any atom is 0.138 e. The minimum Gasteiger partial charge on any atom is -0.361 e. The van der Waals surface area contributed by atoms with Gasteiger partial charge in [-0.05, 0) is 59.5 Å². The molecular formula is C18H28N4O2. The number of piperidine rings is 1. The Morgan fingerprint density at radius 3 is 2.00 bits per heavy atom. The van der Waals surface area contributed by atoms with Crippen LogP contribution in [0.4, 0.5) is 0 Å². The van der Waals surface area contributed by atoms with Gasteiger partial charge in [0.25, 0.3) is 0 Å². The molecule has 0 bridgehead atoms. The molecule has 1 aliphatic heterocycles. The molecule has 0 saturated carbocycles. The number of nitrogens with zero attached hydrogens (tertiary/aromatic N) is 3. The first kappa shape index (κ1) is 17.2. The van der Waals surface area contributed by atoms with Gasteiger partial charge in [0, 0.05) is 30.8 Å². The third-order valence-corrected chi connectivity index (χ3v) is 5.04. The Morgan fingerprint density at radius 2 is 1.58 bits per heavy atom. The van der Waals surface area contributed by atoms with E-state index in [1.807, 2.05) is 27.7 Å². The Morgan fingerprint density at radius 1 is 1.00 bits per heavy atom. The van der Waals surface area contributed by atoms with Gasteiger partial charge in [-0.2, -0.15) is 0 Å². The van der Waals surface area contributed by atoms with Crippen molar-refractivity contribution in [1.29, 1.82) is 0 Å². The van der Waals surface area contributed by atoms with Crippen molar-refractivity contribution in [1.82, 2.24) is 20.5 Å². The van der Waals surface area contributed by atoms with E-state index in [9.17, 15) is 0 Å². The molecule has 1 saturated heterocycles. The second-order valence-corrected chi connectivity index (χ2v) is 6.99. The fourth-order valence-electron chi connectivity index (χ4n) is 3.53. The highest BCUT2D eigenvalue weighted by Gasteiger charge is 2.22. The maximum absolute atomic E-state index is 5.35. The molecule has 2 aromatic rings. The molecule has 24 heavy (non-hydrogen) atoms. The van der Waals surface area contributed by atoms with Crippen LogP contribution in [0.3, 0.4) is 0 Å². The van der Waals surface area contributed by atoms with Crippen LogP contribution in [0.5, 0.6) is 0 Å². The highest BCUT2D eigenvalue weighted by atomic mass is 16.5. The van der Waals surface area contributed by atoms with Crippen LogP contribution in [0.1, 0.15) is 46.9 Å². The van der Waals surface area contributed by atoms with Crippen LogP contribution in [-0.4, -0.2) is 34.8 Å². The lowest BCUT2D eigenvalue weighted by atomic mass is 9.98. The van der Waals surface area contributed by atoms with Gasteiger partial charge in [-0.25, -0.2) is 0 Å². The third-order valence-electron chi connectivity index (χ3n) is 5.04. The summed E-state index contributed by atoms with van der Waals surface area (Å²) in [7, 11) is 0. The predicted molar refractivity (Wildman–Crippen MR) is 91.7 cm³/mol. The minimum absolute atomic E-state index is 0.680. The van der Waals surface area contributed by atoms with Crippen LogP contribution in [0.15, 0.2) is 9.05 Å². The SMILES string of the molecule is Cc1noc(C)c1CN(Cc1c(C)noc1C)CC1CCCNC1. The zero-order valence-electron chi connectivity index (χ0n) is 15.2. The quantitative estimate of drug-likeness (QED) is 0.877. The fraction of sp³-hybridized carbons (Fsp3) is 0.667. The first-order chi connectivity index (χ1) is 11.5. The zero-order valence-corrected chi connectivity index (χ0v) is 15.2. The molecule has 1 aliphatic rings. The van der Waals surface area contributed by atoms with Crippen molar-refractivity contribution in [2.24, 2.45) is 5.92 Å². The number of hydrogen-bond donors (Lipinski definition) is 1. The van der Waals surface area contributed by atoms with Crippen molar-refractivity contribution in [3.63, 3.8) is 0 Å². The molecule has 1 fully saturated rings. The van der Waals surface area contributed by atoms with Crippen molar-refractivity contribution in [3.05, 3.63) is 34.0 Å². The van der Waals surface area contributed by atoms with Gasteiger partial charge >= 0.3 is 0 Å². The van der Waals surface area contributed by atoms with Crippen LogP contribution in [-0.2, 0) is 13.1 Å². The summed E-state index contributed by atoms with van der Waals surface area (Å²) in [6.45, 7) is 13.0. The molecule has 0 spiro atoms. The molecule has 3 rings (SSSR count). The predicted octanol–water partition coefficient (Wildman–Crippen LogP) is 2.90. The van der Waals surface area contributed by atoms with Crippen molar-refractivity contribution in [2.45, 2.75) is 53.6 Å². The molecule has 2 aromatic heterocycles. The zero-order chi connectivity index (χ0) is 17.1. The summed E-state index contributed by atoms with van der Waals surface area (Å²) in [6, 6.07) is 0. The van der Waals surface area contributed by atoms with E-state index >= 15 is 0 Å². The largest absolute Gasteiger partial charge is 0.361 e. The number of nitrogens with one attached hydrogen (secondary N) is 1. The van der Waals surface area contributed by atoms with Crippen molar-refractivity contribution in [3.8, 4) is 0 Å². The summed E-state index contributed by atoms with van der Waals surface area (Å²) in [5, 5.41) is 11.7. The standard InChI is InChI=1S/C18H28N4O2/c1-12-17(14(3)23-20-12)10-22(9-16-6-5-7-19-8-16)11-18-13(2)21-24-15(18)4/h16,19H,5-11H2,1-4H3. The third kappa shape index (κ3) is 3.87. The van der Waals surface area contributed by atoms with Gasteiger partial charge in [-0.15, -0.1) is 0 Å². The number of rotatable bonds is 6. The van der Waals surface area contributed by atoms with Gasteiger partial charge in [-0.1, -0.05) is 10.3 Å². The van der Waals surface area contributed by atoms with Crippen LogP contribution >= 0.6 is 0 Å². The van der Waals surface area contributed by atoms with E-state index in [0.29, 0.717) is 5.92 Å². The fourth-order valence-corrected chi connectivity index (χ4v) is 3.53. The van der Waals surface area contributed by atoms with Gasteiger partial charge < -0.3 is 14.4 Å². The van der Waals surface area contributed by atoms with E-state index in [4.69, 9.17) is 9.05 Å². The van der Waals surface area contributed by atoms with E-state index in [2.05, 4.69) is 20.5 Å². The van der Waals surface area contributed by atoms with E-state index in [-0.39, 0.29) is 0 Å². The Hall–Kier alpha value is -1.66. The highest BCUT2D eigenvalue weighted by Crippen LogP contribution is 2.22. The second-order valence-electron chi connectivity index (χ2n) is 6.99. The monoisotopic (exact) mass is 332 g/mol. The van der Waals surface area contributed by atoms with Crippen LogP contribution < -0.4 is 5.32 Å². The van der Waals surface area contributed by atoms with Crippen molar-refractivity contribution < 1.29 is 9.05 Å². The molecule has 3 heterocycles. The van der Waals surface area contributed by atoms with Crippen molar-refractivity contribution in [2.75, 3.05) is 19.6 Å². The summed E-state index contributed by atoms with van der Waals surface area (Å²) >= 11 is 0. The molecule has 6 nitrogen and oxygen atoms in total. The second kappa shape index (κ2) is 7.49. The molecule has 0 radical (unpaired) electrons. The van der Waals surface area contributed by atoms with Crippen LogP contribution in [0.25, 0.3) is 0 Å². The summed E-state index contributed by atoms with van der Waals surface area (Å²) in [4.78, 5) is 2.48. The number of aryl methyl sites for hydroxylation is 4. The lowest BCUT2D eigenvalue weighted by molar-refractivity contribution is 0.191. The van der Waals surface area contributed by atoms with Gasteiger partial charge in [-0.3, -0.25) is 4.90 Å². The highest BCUT2D eigenvalue weighted by molar-refractivity contribution is 5.23. The summed E-state index contributed by atoms with van der Waals surface area (Å²) in [5.41, 5.74) is 4.37. The van der Waals surface area contributed by atoms with Crippen molar-refractivity contribution >= 4 is 0 Å². The molecule has 1 unspecified atom stereocenters. The number of hydrogen-bond acceptors (Lipinski definition) is 6.